The van der Waals surface area contributed by atoms with Gasteiger partial charge in [0.15, 0.2) is 0 Å². The molecule has 2 atom stereocenters. The Hall–Kier alpha value is -0.820. The molecule has 1 aromatic rings. The smallest absolute Gasteiger partial charge is 0.226 e. The minimum atomic E-state index is 0. The third kappa shape index (κ3) is 5.43. The van der Waals surface area contributed by atoms with Crippen LogP contribution in [0.15, 0.2) is 6.07 Å². The van der Waals surface area contributed by atoms with Crippen LogP contribution in [0.2, 0.25) is 0 Å². The van der Waals surface area contributed by atoms with Crippen molar-refractivity contribution < 1.29 is 4.74 Å². The Morgan fingerprint density at radius 1 is 1.36 bits per heavy atom. The predicted molar refractivity (Wildman–Crippen MR) is 95.9 cm³/mol. The fourth-order valence-corrected chi connectivity index (χ4v) is 2.39. The monoisotopic (exact) mass is 351 g/mol. The Morgan fingerprint density at radius 2 is 2.09 bits per heavy atom. The molecular weight excluding hydrogens is 325 g/mol. The van der Waals surface area contributed by atoms with E-state index >= 15 is 0 Å². The first-order valence-electron chi connectivity index (χ1n) is 7.19. The van der Waals surface area contributed by atoms with E-state index in [0.717, 1.165) is 43.4 Å². The van der Waals surface area contributed by atoms with Gasteiger partial charge in [0.25, 0.3) is 0 Å². The fourth-order valence-electron chi connectivity index (χ4n) is 2.39. The number of anilines is 2. The van der Waals surface area contributed by atoms with Gasteiger partial charge in [-0.25, -0.2) is 4.98 Å². The fraction of sp³-hybridized carbons (Fsp3) is 0.714. The first-order chi connectivity index (χ1) is 9.63. The summed E-state index contributed by atoms with van der Waals surface area (Å²) in [7, 11) is 5.69. The van der Waals surface area contributed by atoms with Crippen molar-refractivity contribution in [3.05, 3.63) is 11.8 Å². The number of piperidine rings is 1. The molecule has 0 saturated carbocycles. The molecule has 2 N–H and O–H groups in total. The molecule has 0 bridgehead atoms. The van der Waals surface area contributed by atoms with Crippen LogP contribution in [-0.2, 0) is 11.2 Å². The molecule has 0 aromatic carbocycles. The number of methoxy groups -OCH3 is 1. The summed E-state index contributed by atoms with van der Waals surface area (Å²) < 4.78 is 5.55. The minimum Gasteiger partial charge on any atom is -0.379 e. The molecule has 1 aliphatic rings. The van der Waals surface area contributed by atoms with Crippen LogP contribution in [0.5, 0.6) is 0 Å². The van der Waals surface area contributed by atoms with E-state index in [4.69, 9.17) is 4.74 Å². The normalized spacial score (nSPS) is 20.5. The first kappa shape index (κ1) is 21.2. The SMILES string of the molecule is CCc1cc(N[C@H]2CNCC[C@H]2OC)nc(N(C)C)n1.Cl.Cl. The maximum absolute atomic E-state index is 5.55. The van der Waals surface area contributed by atoms with Gasteiger partial charge in [-0.05, 0) is 19.4 Å². The highest BCUT2D eigenvalue weighted by Gasteiger charge is 2.25. The second-order valence-electron chi connectivity index (χ2n) is 5.31. The second-order valence-corrected chi connectivity index (χ2v) is 5.31. The molecule has 0 radical (unpaired) electrons. The Morgan fingerprint density at radius 3 is 2.68 bits per heavy atom. The zero-order valence-corrected chi connectivity index (χ0v) is 15.3. The quantitative estimate of drug-likeness (QED) is 0.842. The standard InChI is InChI=1S/C14H25N5O.2ClH/c1-5-10-8-13(18-14(16-10)19(2)3)17-11-9-15-7-6-12(11)20-4;;/h8,11-12,15H,5-7,9H2,1-4H3,(H,16,17,18);2*1H/t11-,12+;;/m0../s1. The molecule has 0 amide bonds. The summed E-state index contributed by atoms with van der Waals surface area (Å²) in [6.45, 7) is 4.00. The van der Waals surface area contributed by atoms with Gasteiger partial charge in [-0.15, -0.1) is 24.8 Å². The van der Waals surface area contributed by atoms with Crippen molar-refractivity contribution in [1.29, 1.82) is 0 Å². The summed E-state index contributed by atoms with van der Waals surface area (Å²) in [4.78, 5) is 11.0. The van der Waals surface area contributed by atoms with E-state index in [0.29, 0.717) is 0 Å². The van der Waals surface area contributed by atoms with Gasteiger partial charge in [0, 0.05) is 39.5 Å². The third-order valence-corrected chi connectivity index (χ3v) is 3.58. The van der Waals surface area contributed by atoms with Crippen LogP contribution in [-0.4, -0.2) is 56.4 Å². The molecule has 1 saturated heterocycles. The summed E-state index contributed by atoms with van der Waals surface area (Å²) >= 11 is 0. The summed E-state index contributed by atoms with van der Waals surface area (Å²) in [5.74, 6) is 1.61. The van der Waals surface area contributed by atoms with Crippen LogP contribution >= 0.6 is 24.8 Å². The maximum Gasteiger partial charge on any atom is 0.226 e. The molecule has 0 aliphatic carbocycles. The largest absolute Gasteiger partial charge is 0.379 e. The number of halogens is 2. The molecule has 1 fully saturated rings. The molecular formula is C14H27Cl2N5O. The van der Waals surface area contributed by atoms with Crippen LogP contribution in [0.4, 0.5) is 11.8 Å². The lowest BCUT2D eigenvalue weighted by molar-refractivity contribution is 0.0664. The van der Waals surface area contributed by atoms with Crippen LogP contribution < -0.4 is 15.5 Å². The molecule has 0 spiro atoms. The van der Waals surface area contributed by atoms with Crippen molar-refractivity contribution in [1.82, 2.24) is 15.3 Å². The molecule has 22 heavy (non-hydrogen) atoms. The summed E-state index contributed by atoms with van der Waals surface area (Å²) in [6.07, 6.45) is 2.13. The summed E-state index contributed by atoms with van der Waals surface area (Å²) in [5.41, 5.74) is 1.05. The van der Waals surface area contributed by atoms with Crippen molar-refractivity contribution in [2.75, 3.05) is 44.5 Å². The van der Waals surface area contributed by atoms with Gasteiger partial charge in [0.1, 0.15) is 5.82 Å². The molecule has 0 unspecified atom stereocenters. The third-order valence-electron chi connectivity index (χ3n) is 3.58. The number of aromatic nitrogens is 2. The van der Waals surface area contributed by atoms with Gasteiger partial charge in [-0.1, -0.05) is 6.92 Å². The van der Waals surface area contributed by atoms with Gasteiger partial charge >= 0.3 is 0 Å². The molecule has 2 rings (SSSR count). The van der Waals surface area contributed by atoms with Crippen LogP contribution in [0.3, 0.4) is 0 Å². The lowest BCUT2D eigenvalue weighted by Gasteiger charge is -2.32. The average molecular weight is 352 g/mol. The molecule has 1 aliphatic heterocycles. The molecule has 2 heterocycles. The van der Waals surface area contributed by atoms with Crippen molar-refractivity contribution in [3.8, 4) is 0 Å². The Bertz CT molecular complexity index is 447. The number of hydrogen-bond acceptors (Lipinski definition) is 6. The highest BCUT2D eigenvalue weighted by molar-refractivity contribution is 5.85. The summed E-state index contributed by atoms with van der Waals surface area (Å²) in [5, 5.41) is 6.88. The number of nitrogens with one attached hydrogen (secondary N) is 2. The minimum absolute atomic E-state index is 0. The lowest BCUT2D eigenvalue weighted by atomic mass is 10.0. The molecule has 128 valence electrons. The van der Waals surface area contributed by atoms with E-state index in [1.807, 2.05) is 25.1 Å². The average Bonchev–Trinajstić information content (AvgIpc) is 2.47. The van der Waals surface area contributed by atoms with E-state index < -0.39 is 0 Å². The number of nitrogens with zero attached hydrogens (tertiary/aromatic N) is 3. The Balaban J connectivity index is 0.00000220. The van der Waals surface area contributed by atoms with Crippen molar-refractivity contribution in [2.24, 2.45) is 0 Å². The number of aryl methyl sites for hydroxylation is 1. The second kappa shape index (κ2) is 10.0. The number of hydrogen-bond donors (Lipinski definition) is 2. The Kier molecular flexibility index (Phi) is 9.67. The van der Waals surface area contributed by atoms with E-state index in [1.54, 1.807) is 7.11 Å². The lowest BCUT2D eigenvalue weighted by Crippen LogP contribution is -2.49. The van der Waals surface area contributed by atoms with Crippen molar-refractivity contribution >= 4 is 36.6 Å². The predicted octanol–water partition coefficient (Wildman–Crippen LogP) is 1.74. The van der Waals surface area contributed by atoms with Crippen molar-refractivity contribution in [2.45, 2.75) is 31.9 Å². The van der Waals surface area contributed by atoms with E-state index in [-0.39, 0.29) is 37.0 Å². The highest BCUT2D eigenvalue weighted by atomic mass is 35.5. The van der Waals surface area contributed by atoms with Crippen molar-refractivity contribution in [3.63, 3.8) is 0 Å². The van der Waals surface area contributed by atoms with Crippen LogP contribution in [0.25, 0.3) is 0 Å². The number of rotatable bonds is 5. The molecule has 1 aromatic heterocycles. The van der Waals surface area contributed by atoms with Gasteiger partial charge in [0.05, 0.1) is 12.1 Å². The number of ether oxygens (including phenoxy) is 1. The topological polar surface area (TPSA) is 62.3 Å². The zero-order valence-electron chi connectivity index (χ0n) is 13.6. The van der Waals surface area contributed by atoms with E-state index in [1.165, 1.54) is 0 Å². The Labute approximate surface area is 145 Å². The summed E-state index contributed by atoms with van der Waals surface area (Å²) in [6, 6.07) is 2.26. The van der Waals surface area contributed by atoms with E-state index in [2.05, 4.69) is 27.5 Å². The van der Waals surface area contributed by atoms with Gasteiger partial charge < -0.3 is 20.3 Å². The molecule has 6 nitrogen and oxygen atoms in total. The molecule has 8 heteroatoms. The van der Waals surface area contributed by atoms with Crippen LogP contribution in [0, 0.1) is 0 Å². The van der Waals surface area contributed by atoms with E-state index in [9.17, 15) is 0 Å². The van der Waals surface area contributed by atoms with Crippen LogP contribution in [0.1, 0.15) is 19.0 Å². The maximum atomic E-state index is 5.55. The highest BCUT2D eigenvalue weighted by Crippen LogP contribution is 2.17. The first-order valence-corrected chi connectivity index (χ1v) is 7.19. The van der Waals surface area contributed by atoms with Gasteiger partial charge in [-0.3, -0.25) is 0 Å². The van der Waals surface area contributed by atoms with Gasteiger partial charge in [0.2, 0.25) is 5.95 Å². The zero-order chi connectivity index (χ0) is 14.5. The van der Waals surface area contributed by atoms with Gasteiger partial charge in [-0.2, -0.15) is 4.98 Å².